The molecule has 1 aliphatic heterocycles. The van der Waals surface area contributed by atoms with Gasteiger partial charge in [0.25, 0.3) is 0 Å². The topological polar surface area (TPSA) is 32.3 Å². The molecule has 2 unspecified atom stereocenters. The van der Waals surface area contributed by atoms with Crippen molar-refractivity contribution in [3.05, 3.63) is 0 Å². The van der Waals surface area contributed by atoms with Crippen molar-refractivity contribution in [2.75, 3.05) is 13.1 Å². The summed E-state index contributed by atoms with van der Waals surface area (Å²) in [6.07, 6.45) is 4.47. The quantitative estimate of drug-likeness (QED) is 0.803. The Morgan fingerprint density at radius 1 is 1.32 bits per heavy atom. The van der Waals surface area contributed by atoms with Crippen molar-refractivity contribution in [2.45, 2.75) is 72.4 Å². The molecule has 1 amide bonds. The molecule has 1 saturated heterocycles. The molecular formula is C16H32N2O. The van der Waals surface area contributed by atoms with E-state index in [-0.39, 0.29) is 6.04 Å². The summed E-state index contributed by atoms with van der Waals surface area (Å²) in [5.41, 5.74) is 0. The summed E-state index contributed by atoms with van der Waals surface area (Å²) in [6, 6.07) is 0.430. The fourth-order valence-corrected chi connectivity index (χ4v) is 3.10. The third-order valence-electron chi connectivity index (χ3n) is 4.26. The van der Waals surface area contributed by atoms with Gasteiger partial charge in [0.1, 0.15) is 0 Å². The number of carbonyl (C=O) groups excluding carboxylic acids is 1. The number of hydrogen-bond donors (Lipinski definition) is 1. The highest BCUT2D eigenvalue weighted by atomic mass is 16.2. The summed E-state index contributed by atoms with van der Waals surface area (Å²) < 4.78 is 0. The number of nitrogens with zero attached hydrogens (tertiary/aromatic N) is 1. The lowest BCUT2D eigenvalue weighted by atomic mass is 9.91. The molecule has 1 aliphatic rings. The predicted octanol–water partition coefficient (Wildman–Crippen LogP) is 3.05. The van der Waals surface area contributed by atoms with Crippen molar-refractivity contribution in [1.82, 2.24) is 10.2 Å². The summed E-state index contributed by atoms with van der Waals surface area (Å²) in [5.74, 6) is 1.32. The van der Waals surface area contributed by atoms with Gasteiger partial charge in [0, 0.05) is 12.6 Å². The van der Waals surface area contributed by atoms with Crippen LogP contribution in [0.2, 0.25) is 0 Å². The van der Waals surface area contributed by atoms with Crippen molar-refractivity contribution in [3.63, 3.8) is 0 Å². The van der Waals surface area contributed by atoms with Gasteiger partial charge in [-0.25, -0.2) is 0 Å². The first-order valence-electron chi connectivity index (χ1n) is 8.05. The maximum atomic E-state index is 12.9. The summed E-state index contributed by atoms with van der Waals surface area (Å²) in [6.45, 7) is 12.8. The van der Waals surface area contributed by atoms with Gasteiger partial charge in [0.15, 0.2) is 0 Å². The van der Waals surface area contributed by atoms with E-state index in [2.05, 4.69) is 44.8 Å². The molecule has 1 heterocycles. The second kappa shape index (κ2) is 7.88. The average molecular weight is 268 g/mol. The Bertz CT molecular complexity index is 274. The van der Waals surface area contributed by atoms with Gasteiger partial charge in [-0.15, -0.1) is 0 Å². The van der Waals surface area contributed by atoms with Gasteiger partial charge in [-0.05, 0) is 44.1 Å². The van der Waals surface area contributed by atoms with E-state index >= 15 is 0 Å². The molecule has 0 radical (unpaired) electrons. The Balaban J connectivity index is 2.79. The lowest BCUT2D eigenvalue weighted by Gasteiger charge is -2.38. The van der Waals surface area contributed by atoms with Crippen molar-refractivity contribution in [1.29, 1.82) is 0 Å². The van der Waals surface area contributed by atoms with Crippen molar-refractivity contribution >= 4 is 5.91 Å². The number of hydrogen-bond acceptors (Lipinski definition) is 2. The van der Waals surface area contributed by atoms with Crippen LogP contribution in [0, 0.1) is 11.8 Å². The number of rotatable bonds is 6. The second-order valence-electron chi connectivity index (χ2n) is 6.41. The van der Waals surface area contributed by atoms with Gasteiger partial charge in [-0.1, -0.05) is 34.6 Å². The fraction of sp³-hybridized carbons (Fsp3) is 0.938. The molecule has 0 aromatic rings. The Morgan fingerprint density at radius 3 is 2.42 bits per heavy atom. The number of carbonyl (C=O) groups is 1. The zero-order valence-electron chi connectivity index (χ0n) is 13.4. The minimum absolute atomic E-state index is 0.0353. The van der Waals surface area contributed by atoms with E-state index in [0.29, 0.717) is 23.8 Å². The van der Waals surface area contributed by atoms with Crippen molar-refractivity contribution in [2.24, 2.45) is 11.8 Å². The van der Waals surface area contributed by atoms with Crippen LogP contribution in [0.4, 0.5) is 0 Å². The molecule has 0 aliphatic carbocycles. The van der Waals surface area contributed by atoms with Crippen LogP contribution in [0.25, 0.3) is 0 Å². The molecule has 0 bridgehead atoms. The van der Waals surface area contributed by atoms with E-state index in [4.69, 9.17) is 0 Å². The van der Waals surface area contributed by atoms with Crippen LogP contribution in [0.1, 0.15) is 60.3 Å². The first kappa shape index (κ1) is 16.5. The smallest absolute Gasteiger partial charge is 0.240 e. The van der Waals surface area contributed by atoms with Gasteiger partial charge in [0.05, 0.1) is 6.04 Å². The number of amides is 1. The molecule has 0 saturated carbocycles. The van der Waals surface area contributed by atoms with E-state index in [1.54, 1.807) is 0 Å². The summed E-state index contributed by atoms with van der Waals surface area (Å²) in [5, 5.41) is 3.43. The van der Waals surface area contributed by atoms with Crippen LogP contribution in [0.3, 0.4) is 0 Å². The second-order valence-corrected chi connectivity index (χ2v) is 6.41. The largest absolute Gasteiger partial charge is 0.338 e. The Morgan fingerprint density at radius 2 is 1.95 bits per heavy atom. The molecule has 1 N–H and O–H groups in total. The van der Waals surface area contributed by atoms with Crippen LogP contribution >= 0.6 is 0 Å². The standard InChI is InChI=1S/C16H32N2O/c1-6-14(7-2)18(11-12(3)4)16(19)15-13(5)9-8-10-17-15/h12-15,17H,6-11H2,1-5H3. The Labute approximate surface area is 119 Å². The van der Waals surface area contributed by atoms with Gasteiger partial charge in [-0.3, -0.25) is 4.79 Å². The predicted molar refractivity (Wildman–Crippen MR) is 81.1 cm³/mol. The molecule has 0 aromatic heterocycles. The number of nitrogens with one attached hydrogen (secondary N) is 1. The highest BCUT2D eigenvalue weighted by molar-refractivity contribution is 5.82. The van der Waals surface area contributed by atoms with Gasteiger partial charge >= 0.3 is 0 Å². The first-order valence-corrected chi connectivity index (χ1v) is 8.05. The van der Waals surface area contributed by atoms with E-state index in [0.717, 1.165) is 25.9 Å². The SMILES string of the molecule is CCC(CC)N(CC(C)C)C(=O)C1NCCCC1C. The third kappa shape index (κ3) is 4.48. The highest BCUT2D eigenvalue weighted by Gasteiger charge is 2.33. The molecule has 2 atom stereocenters. The van der Waals surface area contributed by atoms with E-state index in [9.17, 15) is 4.79 Å². The van der Waals surface area contributed by atoms with Crippen LogP contribution in [0.5, 0.6) is 0 Å². The fourth-order valence-electron chi connectivity index (χ4n) is 3.10. The molecule has 112 valence electrons. The van der Waals surface area contributed by atoms with E-state index < -0.39 is 0 Å². The molecule has 1 rings (SSSR count). The van der Waals surface area contributed by atoms with Gasteiger partial charge < -0.3 is 10.2 Å². The van der Waals surface area contributed by atoms with Gasteiger partial charge in [0.2, 0.25) is 5.91 Å². The molecule has 3 nitrogen and oxygen atoms in total. The number of piperidine rings is 1. The molecule has 0 aromatic carbocycles. The van der Waals surface area contributed by atoms with Gasteiger partial charge in [-0.2, -0.15) is 0 Å². The maximum absolute atomic E-state index is 12.9. The van der Waals surface area contributed by atoms with E-state index in [1.165, 1.54) is 12.8 Å². The van der Waals surface area contributed by atoms with Crippen molar-refractivity contribution in [3.8, 4) is 0 Å². The molecule has 1 fully saturated rings. The van der Waals surface area contributed by atoms with Crippen LogP contribution in [-0.2, 0) is 4.79 Å². The van der Waals surface area contributed by atoms with Crippen LogP contribution < -0.4 is 5.32 Å². The molecule has 19 heavy (non-hydrogen) atoms. The lowest BCUT2D eigenvalue weighted by Crippen LogP contribution is -2.55. The summed E-state index contributed by atoms with van der Waals surface area (Å²) >= 11 is 0. The zero-order valence-corrected chi connectivity index (χ0v) is 13.4. The first-order chi connectivity index (χ1) is 9.01. The van der Waals surface area contributed by atoms with Crippen molar-refractivity contribution < 1.29 is 4.79 Å². The summed E-state index contributed by atoms with van der Waals surface area (Å²) in [4.78, 5) is 15.0. The average Bonchev–Trinajstić information content (AvgIpc) is 2.38. The monoisotopic (exact) mass is 268 g/mol. The third-order valence-corrected chi connectivity index (χ3v) is 4.26. The highest BCUT2D eigenvalue weighted by Crippen LogP contribution is 2.21. The Kier molecular flexibility index (Phi) is 6.84. The minimum atomic E-state index is 0.0353. The molecule has 0 spiro atoms. The lowest BCUT2D eigenvalue weighted by molar-refractivity contribution is -0.138. The maximum Gasteiger partial charge on any atom is 0.240 e. The van der Waals surface area contributed by atoms with E-state index in [1.807, 2.05) is 0 Å². The zero-order chi connectivity index (χ0) is 14.4. The normalized spacial score (nSPS) is 23.9. The summed E-state index contributed by atoms with van der Waals surface area (Å²) in [7, 11) is 0. The van der Waals surface area contributed by atoms with Crippen LogP contribution in [-0.4, -0.2) is 36.0 Å². The molecule has 3 heteroatoms. The Hall–Kier alpha value is -0.570. The molecular weight excluding hydrogens is 236 g/mol. The minimum Gasteiger partial charge on any atom is -0.338 e. The van der Waals surface area contributed by atoms with Crippen LogP contribution in [0.15, 0.2) is 0 Å².